The van der Waals surface area contributed by atoms with Crippen molar-refractivity contribution in [3.8, 4) is 0 Å². The number of Topliss-reactive ketones (excluding diaryl/α,β-unsaturated/α-hetero) is 1. The molecule has 29 heavy (non-hydrogen) atoms. The number of rotatable bonds is 5. The Hall–Kier alpha value is -1.20. The molecular formula is C24H40N4O. The smallest absolute Gasteiger partial charge is 0.132 e. The summed E-state index contributed by atoms with van der Waals surface area (Å²) in [6.07, 6.45) is 14.1. The van der Waals surface area contributed by atoms with Crippen LogP contribution < -0.4 is 0 Å². The van der Waals surface area contributed by atoms with Crippen LogP contribution in [0.2, 0.25) is 0 Å². The lowest BCUT2D eigenvalue weighted by Gasteiger charge is -2.45. The van der Waals surface area contributed by atoms with Crippen molar-refractivity contribution in [1.29, 1.82) is 0 Å². The van der Waals surface area contributed by atoms with Gasteiger partial charge in [0.2, 0.25) is 0 Å². The lowest BCUT2D eigenvalue weighted by atomic mass is 9.82. The monoisotopic (exact) mass is 400 g/mol. The zero-order valence-electron chi connectivity index (χ0n) is 18.7. The van der Waals surface area contributed by atoms with Gasteiger partial charge in [-0.2, -0.15) is 5.10 Å². The molecule has 0 radical (unpaired) electrons. The molecule has 1 aliphatic carbocycles. The van der Waals surface area contributed by atoms with E-state index in [9.17, 15) is 4.79 Å². The van der Waals surface area contributed by atoms with Crippen molar-refractivity contribution in [2.75, 3.05) is 26.2 Å². The Labute approximate surface area is 176 Å². The van der Waals surface area contributed by atoms with Crippen LogP contribution in [0.25, 0.3) is 0 Å². The van der Waals surface area contributed by atoms with E-state index in [0.29, 0.717) is 23.7 Å². The molecule has 1 aromatic rings. The van der Waals surface area contributed by atoms with Crippen LogP contribution in [0, 0.1) is 5.92 Å². The first kappa shape index (κ1) is 21.0. The molecule has 0 unspecified atom stereocenters. The zero-order valence-corrected chi connectivity index (χ0v) is 18.7. The predicted molar refractivity (Wildman–Crippen MR) is 117 cm³/mol. The molecule has 1 saturated carbocycles. The maximum absolute atomic E-state index is 11.6. The first-order valence-electron chi connectivity index (χ1n) is 12.0. The molecule has 4 rings (SSSR count). The molecule has 162 valence electrons. The van der Waals surface area contributed by atoms with Gasteiger partial charge >= 0.3 is 0 Å². The molecule has 3 heterocycles. The summed E-state index contributed by atoms with van der Waals surface area (Å²) < 4.78 is 2.23. The maximum Gasteiger partial charge on any atom is 0.132 e. The average molecular weight is 401 g/mol. The van der Waals surface area contributed by atoms with Crippen LogP contribution >= 0.6 is 0 Å². The Morgan fingerprint density at radius 1 is 0.862 bits per heavy atom. The van der Waals surface area contributed by atoms with Gasteiger partial charge in [-0.25, -0.2) is 0 Å². The second-order valence-corrected chi connectivity index (χ2v) is 10.1. The number of carbonyl (C=O) groups is 1. The van der Waals surface area contributed by atoms with Gasteiger partial charge in [0.1, 0.15) is 5.78 Å². The summed E-state index contributed by atoms with van der Waals surface area (Å²) in [5, 5.41) is 4.65. The van der Waals surface area contributed by atoms with Gasteiger partial charge < -0.3 is 9.80 Å². The van der Waals surface area contributed by atoms with Crippen LogP contribution in [0.1, 0.15) is 89.7 Å². The summed E-state index contributed by atoms with van der Waals surface area (Å²) in [6.45, 7) is 11.2. The first-order valence-corrected chi connectivity index (χ1v) is 12.0. The largest absolute Gasteiger partial charge is 0.300 e. The third-order valence-electron chi connectivity index (χ3n) is 7.96. The fourth-order valence-electron chi connectivity index (χ4n) is 5.83. The topological polar surface area (TPSA) is 41.4 Å². The average Bonchev–Trinajstić information content (AvgIpc) is 3.25. The Morgan fingerprint density at radius 2 is 1.38 bits per heavy atom. The molecule has 0 atom stereocenters. The summed E-state index contributed by atoms with van der Waals surface area (Å²) in [6, 6.07) is 2.08. The van der Waals surface area contributed by atoms with E-state index in [2.05, 4.69) is 45.8 Å². The molecule has 0 spiro atoms. The van der Waals surface area contributed by atoms with Crippen LogP contribution in [0.5, 0.6) is 0 Å². The van der Waals surface area contributed by atoms with Crippen LogP contribution in [0.4, 0.5) is 0 Å². The van der Waals surface area contributed by atoms with E-state index in [0.717, 1.165) is 24.9 Å². The number of aromatic nitrogens is 2. The lowest BCUT2D eigenvalue weighted by Crippen LogP contribution is -2.50. The lowest BCUT2D eigenvalue weighted by molar-refractivity contribution is -0.122. The molecule has 2 aliphatic heterocycles. The SMILES string of the molecule is CC(=O)[C@H]1CC[C@H](N2CCC(N3CCC(n4cc(C(C)C)cn4)CC3)CC2)CC1. The number of hydrogen-bond donors (Lipinski definition) is 0. The Balaban J connectivity index is 1.20. The molecule has 3 aliphatic rings. The number of ketones is 1. The highest BCUT2D eigenvalue weighted by Crippen LogP contribution is 2.32. The van der Waals surface area contributed by atoms with Crippen LogP contribution in [0.15, 0.2) is 12.4 Å². The van der Waals surface area contributed by atoms with Crippen molar-refractivity contribution < 1.29 is 4.79 Å². The second kappa shape index (κ2) is 9.30. The third-order valence-corrected chi connectivity index (χ3v) is 7.96. The number of carbonyl (C=O) groups excluding carboxylic acids is 1. The van der Waals surface area contributed by atoms with E-state index in [-0.39, 0.29) is 0 Å². The van der Waals surface area contributed by atoms with Gasteiger partial charge in [0, 0.05) is 37.3 Å². The molecule has 5 nitrogen and oxygen atoms in total. The molecule has 5 heteroatoms. The van der Waals surface area contributed by atoms with Crippen molar-refractivity contribution in [2.24, 2.45) is 5.92 Å². The van der Waals surface area contributed by atoms with Gasteiger partial charge in [0.25, 0.3) is 0 Å². The Kier molecular flexibility index (Phi) is 6.75. The summed E-state index contributed by atoms with van der Waals surface area (Å²) >= 11 is 0. The quantitative estimate of drug-likeness (QED) is 0.741. The molecule has 2 saturated heterocycles. The van der Waals surface area contributed by atoms with Gasteiger partial charge in [-0.3, -0.25) is 9.48 Å². The summed E-state index contributed by atoms with van der Waals surface area (Å²) in [4.78, 5) is 17.1. The number of piperidine rings is 2. The summed E-state index contributed by atoms with van der Waals surface area (Å²) in [7, 11) is 0. The van der Waals surface area contributed by atoms with Crippen LogP contribution in [-0.4, -0.2) is 63.6 Å². The van der Waals surface area contributed by atoms with Crippen molar-refractivity contribution in [2.45, 2.75) is 96.2 Å². The number of nitrogens with zero attached hydrogens (tertiary/aromatic N) is 4. The highest BCUT2D eigenvalue weighted by molar-refractivity contribution is 5.78. The van der Waals surface area contributed by atoms with E-state index in [1.165, 1.54) is 70.3 Å². The van der Waals surface area contributed by atoms with Gasteiger partial charge in [0.05, 0.1) is 12.2 Å². The normalized spacial score (nSPS) is 28.8. The van der Waals surface area contributed by atoms with Crippen LogP contribution in [-0.2, 0) is 4.79 Å². The summed E-state index contributed by atoms with van der Waals surface area (Å²) in [5.41, 5.74) is 1.36. The maximum atomic E-state index is 11.6. The minimum atomic E-state index is 0.344. The third kappa shape index (κ3) is 4.93. The molecule has 0 aromatic carbocycles. The first-order chi connectivity index (χ1) is 14.0. The van der Waals surface area contributed by atoms with E-state index in [1.54, 1.807) is 6.92 Å². The highest BCUT2D eigenvalue weighted by atomic mass is 16.1. The van der Waals surface area contributed by atoms with Crippen molar-refractivity contribution in [3.63, 3.8) is 0 Å². The molecule has 1 aromatic heterocycles. The van der Waals surface area contributed by atoms with E-state index in [4.69, 9.17) is 0 Å². The molecule has 3 fully saturated rings. The zero-order chi connectivity index (χ0) is 20.4. The van der Waals surface area contributed by atoms with Crippen molar-refractivity contribution >= 4 is 5.78 Å². The van der Waals surface area contributed by atoms with E-state index >= 15 is 0 Å². The second-order valence-electron chi connectivity index (χ2n) is 10.1. The van der Waals surface area contributed by atoms with Crippen molar-refractivity contribution in [1.82, 2.24) is 19.6 Å². The minimum Gasteiger partial charge on any atom is -0.300 e. The molecule has 0 amide bonds. The Bertz CT molecular complexity index is 660. The molecular weight excluding hydrogens is 360 g/mol. The fraction of sp³-hybridized carbons (Fsp3) is 0.833. The van der Waals surface area contributed by atoms with Gasteiger partial charge in [-0.05, 0) is 82.9 Å². The van der Waals surface area contributed by atoms with Crippen LogP contribution in [0.3, 0.4) is 0 Å². The minimum absolute atomic E-state index is 0.344. The number of hydrogen-bond acceptors (Lipinski definition) is 4. The van der Waals surface area contributed by atoms with E-state index < -0.39 is 0 Å². The molecule has 0 bridgehead atoms. The predicted octanol–water partition coefficient (Wildman–Crippen LogP) is 4.26. The van der Waals surface area contributed by atoms with Gasteiger partial charge in [0.15, 0.2) is 0 Å². The van der Waals surface area contributed by atoms with Crippen molar-refractivity contribution in [3.05, 3.63) is 18.0 Å². The fourth-order valence-corrected chi connectivity index (χ4v) is 5.83. The highest BCUT2D eigenvalue weighted by Gasteiger charge is 2.33. The van der Waals surface area contributed by atoms with Gasteiger partial charge in [-0.1, -0.05) is 13.8 Å². The number of likely N-dealkylation sites (tertiary alicyclic amines) is 2. The van der Waals surface area contributed by atoms with E-state index in [1.807, 2.05) is 0 Å². The molecule has 0 N–H and O–H groups in total. The Morgan fingerprint density at radius 3 is 1.86 bits per heavy atom. The van der Waals surface area contributed by atoms with Gasteiger partial charge in [-0.15, -0.1) is 0 Å². The standard InChI is InChI=1S/C24H40N4O/c1-18(2)21-16-25-28(17-21)24-10-14-27(15-11-24)23-8-12-26(13-9-23)22-6-4-20(5-7-22)19(3)29/h16-18,20,22-24H,4-15H2,1-3H3/t20-,22-. The summed E-state index contributed by atoms with van der Waals surface area (Å²) in [5.74, 6) is 1.31.